The van der Waals surface area contributed by atoms with Crippen molar-refractivity contribution in [2.45, 2.75) is 39.0 Å². The van der Waals surface area contributed by atoms with Crippen LogP contribution >= 0.6 is 0 Å². The molecule has 0 fully saturated rings. The van der Waals surface area contributed by atoms with Crippen LogP contribution < -0.4 is 16.2 Å². The van der Waals surface area contributed by atoms with E-state index in [1.807, 2.05) is 17.7 Å². The van der Waals surface area contributed by atoms with Crippen molar-refractivity contribution in [3.05, 3.63) is 29.8 Å². The van der Waals surface area contributed by atoms with Crippen LogP contribution in [-0.4, -0.2) is 12.6 Å². The van der Waals surface area contributed by atoms with Gasteiger partial charge in [0.15, 0.2) is 0 Å². The van der Waals surface area contributed by atoms with Gasteiger partial charge in [-0.1, -0.05) is 38.5 Å². The third-order valence-electron chi connectivity index (χ3n) is 3.27. The number of nitrogens with two attached hydrogens (primary N) is 1. The standard InChI is InChI=1S/C14H22N2O3/c1-4-14(2,3)11-5-7-12(8-6-11)18-10-9-13(17)19-16-15/h5-8,16H,4,9-10,15H2,1-3H3. The highest BCUT2D eigenvalue weighted by molar-refractivity contribution is 5.69. The molecule has 0 radical (unpaired) electrons. The Hall–Kier alpha value is -1.59. The molecule has 0 aliphatic heterocycles. The summed E-state index contributed by atoms with van der Waals surface area (Å²) in [4.78, 5) is 15.4. The first-order valence-electron chi connectivity index (χ1n) is 6.38. The summed E-state index contributed by atoms with van der Waals surface area (Å²) in [5, 5.41) is 0. The van der Waals surface area contributed by atoms with Crippen molar-refractivity contribution in [2.75, 3.05) is 6.61 Å². The molecule has 0 saturated heterocycles. The van der Waals surface area contributed by atoms with Crippen LogP contribution in [0.15, 0.2) is 24.3 Å². The number of carbonyl (C=O) groups is 1. The normalized spacial score (nSPS) is 11.2. The monoisotopic (exact) mass is 266 g/mol. The maximum absolute atomic E-state index is 11.0. The van der Waals surface area contributed by atoms with Crippen LogP contribution in [0.25, 0.3) is 0 Å². The SMILES string of the molecule is CCC(C)(C)c1ccc(OCCC(=O)ONN)cc1. The van der Waals surface area contributed by atoms with Crippen molar-refractivity contribution in [3.8, 4) is 5.75 Å². The number of carbonyl (C=O) groups excluding carboxylic acids is 1. The predicted octanol–water partition coefficient (Wildman–Crippen LogP) is 2.06. The van der Waals surface area contributed by atoms with Crippen molar-refractivity contribution in [1.82, 2.24) is 5.59 Å². The Morgan fingerprint density at radius 1 is 1.32 bits per heavy atom. The number of benzene rings is 1. The second-order valence-electron chi connectivity index (χ2n) is 4.95. The third-order valence-corrected chi connectivity index (χ3v) is 3.27. The van der Waals surface area contributed by atoms with Gasteiger partial charge >= 0.3 is 5.97 Å². The summed E-state index contributed by atoms with van der Waals surface area (Å²) in [7, 11) is 0. The van der Waals surface area contributed by atoms with Crippen LogP contribution in [0.5, 0.6) is 5.75 Å². The molecule has 0 spiro atoms. The lowest BCUT2D eigenvalue weighted by atomic mass is 9.82. The van der Waals surface area contributed by atoms with E-state index in [1.54, 1.807) is 0 Å². The fourth-order valence-corrected chi connectivity index (χ4v) is 1.58. The number of nitrogens with one attached hydrogen (secondary N) is 1. The van der Waals surface area contributed by atoms with Gasteiger partial charge in [-0.05, 0) is 29.5 Å². The predicted molar refractivity (Wildman–Crippen MR) is 73.3 cm³/mol. The molecule has 1 aromatic carbocycles. The molecule has 1 aromatic rings. The average Bonchev–Trinajstić information content (AvgIpc) is 2.40. The fraction of sp³-hybridized carbons (Fsp3) is 0.500. The molecule has 0 heterocycles. The second kappa shape index (κ2) is 7.11. The van der Waals surface area contributed by atoms with Gasteiger partial charge in [0.1, 0.15) is 5.75 Å². The van der Waals surface area contributed by atoms with E-state index in [-0.39, 0.29) is 18.4 Å². The molecule has 0 aliphatic carbocycles. The Labute approximate surface area is 114 Å². The van der Waals surface area contributed by atoms with E-state index in [4.69, 9.17) is 10.6 Å². The molecule has 0 saturated carbocycles. The minimum absolute atomic E-state index is 0.145. The summed E-state index contributed by atoms with van der Waals surface area (Å²) < 4.78 is 5.45. The van der Waals surface area contributed by atoms with E-state index in [0.29, 0.717) is 0 Å². The molecular weight excluding hydrogens is 244 g/mol. The van der Waals surface area contributed by atoms with Gasteiger partial charge in [-0.2, -0.15) is 0 Å². The highest BCUT2D eigenvalue weighted by Crippen LogP contribution is 2.27. The first-order chi connectivity index (χ1) is 8.99. The van der Waals surface area contributed by atoms with Gasteiger partial charge in [0, 0.05) is 0 Å². The van der Waals surface area contributed by atoms with Gasteiger partial charge in [0.05, 0.1) is 13.0 Å². The van der Waals surface area contributed by atoms with Crippen LogP contribution in [0, 0.1) is 0 Å². The highest BCUT2D eigenvalue weighted by atomic mass is 16.7. The van der Waals surface area contributed by atoms with E-state index < -0.39 is 5.97 Å². The molecule has 19 heavy (non-hydrogen) atoms. The largest absolute Gasteiger partial charge is 0.493 e. The van der Waals surface area contributed by atoms with E-state index >= 15 is 0 Å². The van der Waals surface area contributed by atoms with Crippen molar-refractivity contribution >= 4 is 5.97 Å². The highest BCUT2D eigenvalue weighted by Gasteiger charge is 2.17. The summed E-state index contributed by atoms with van der Waals surface area (Å²) in [5.41, 5.74) is 3.28. The van der Waals surface area contributed by atoms with Gasteiger partial charge in [-0.15, -0.1) is 0 Å². The Kier molecular flexibility index (Phi) is 5.79. The Morgan fingerprint density at radius 3 is 2.47 bits per heavy atom. The van der Waals surface area contributed by atoms with Crippen molar-refractivity contribution in [3.63, 3.8) is 0 Å². The molecule has 3 N–H and O–H groups in total. The molecule has 5 heteroatoms. The zero-order valence-corrected chi connectivity index (χ0v) is 11.7. The summed E-state index contributed by atoms with van der Waals surface area (Å²) in [6, 6.07) is 7.94. The topological polar surface area (TPSA) is 73.6 Å². The zero-order valence-electron chi connectivity index (χ0n) is 11.7. The first kappa shape index (κ1) is 15.5. The number of hydrogen-bond acceptors (Lipinski definition) is 5. The molecule has 0 aliphatic rings. The van der Waals surface area contributed by atoms with Crippen molar-refractivity contribution in [1.29, 1.82) is 0 Å². The van der Waals surface area contributed by atoms with Crippen LogP contribution in [-0.2, 0) is 15.0 Å². The summed E-state index contributed by atoms with van der Waals surface area (Å²) in [5.74, 6) is 5.14. The summed E-state index contributed by atoms with van der Waals surface area (Å²) in [6.45, 7) is 6.84. The number of rotatable bonds is 7. The molecule has 0 bridgehead atoms. The van der Waals surface area contributed by atoms with Crippen LogP contribution in [0.4, 0.5) is 0 Å². The van der Waals surface area contributed by atoms with E-state index in [9.17, 15) is 4.79 Å². The molecule has 1 rings (SSSR count). The lowest BCUT2D eigenvalue weighted by molar-refractivity contribution is -0.151. The first-order valence-corrected chi connectivity index (χ1v) is 6.38. The molecular formula is C14H22N2O3. The maximum Gasteiger partial charge on any atom is 0.329 e. The Bertz CT molecular complexity index is 402. The van der Waals surface area contributed by atoms with Gasteiger partial charge in [-0.25, -0.2) is 5.84 Å². The lowest BCUT2D eigenvalue weighted by Crippen LogP contribution is -2.26. The average molecular weight is 266 g/mol. The van der Waals surface area contributed by atoms with Crippen molar-refractivity contribution < 1.29 is 14.4 Å². The smallest absolute Gasteiger partial charge is 0.329 e. The Morgan fingerprint density at radius 2 is 1.95 bits per heavy atom. The summed E-state index contributed by atoms with van der Waals surface area (Å²) in [6.07, 6.45) is 1.22. The summed E-state index contributed by atoms with van der Waals surface area (Å²) >= 11 is 0. The molecule has 0 atom stereocenters. The van der Waals surface area contributed by atoms with E-state index in [2.05, 4.69) is 37.7 Å². The number of hydrogen-bond donors (Lipinski definition) is 2. The number of hydrazine groups is 1. The molecule has 0 amide bonds. The quantitative estimate of drug-likeness (QED) is 0.584. The maximum atomic E-state index is 11.0. The van der Waals surface area contributed by atoms with Gasteiger partial charge in [-0.3, -0.25) is 4.79 Å². The number of ether oxygens (including phenoxy) is 1. The molecule has 0 unspecified atom stereocenters. The van der Waals surface area contributed by atoms with Crippen LogP contribution in [0.2, 0.25) is 0 Å². The minimum Gasteiger partial charge on any atom is -0.493 e. The Balaban J connectivity index is 2.47. The van der Waals surface area contributed by atoms with Gasteiger partial charge in [0.25, 0.3) is 0 Å². The van der Waals surface area contributed by atoms with Gasteiger partial charge in [0.2, 0.25) is 0 Å². The van der Waals surface area contributed by atoms with Crippen LogP contribution in [0.1, 0.15) is 39.2 Å². The molecule has 106 valence electrons. The van der Waals surface area contributed by atoms with Crippen LogP contribution in [0.3, 0.4) is 0 Å². The second-order valence-corrected chi connectivity index (χ2v) is 4.95. The third kappa shape index (κ3) is 4.89. The molecule has 5 nitrogen and oxygen atoms in total. The van der Waals surface area contributed by atoms with Crippen molar-refractivity contribution in [2.24, 2.45) is 5.84 Å². The fourth-order valence-electron chi connectivity index (χ4n) is 1.58. The minimum atomic E-state index is -0.453. The lowest BCUT2D eigenvalue weighted by Gasteiger charge is -2.23. The van der Waals surface area contributed by atoms with Gasteiger partial charge < -0.3 is 9.57 Å². The van der Waals surface area contributed by atoms with E-state index in [0.717, 1.165) is 12.2 Å². The molecule has 0 aromatic heterocycles. The van der Waals surface area contributed by atoms with E-state index in [1.165, 1.54) is 5.56 Å². The zero-order chi connectivity index (χ0) is 14.3.